The van der Waals surface area contributed by atoms with Gasteiger partial charge in [-0.2, -0.15) is 0 Å². The molecule has 1 fully saturated rings. The lowest BCUT2D eigenvalue weighted by Gasteiger charge is -2.28. The second-order valence-electron chi connectivity index (χ2n) is 6.69. The maximum atomic E-state index is 3.88. The predicted octanol–water partition coefficient (Wildman–Crippen LogP) is 6.85. The van der Waals surface area contributed by atoms with Crippen molar-refractivity contribution in [1.82, 2.24) is 0 Å². The Balaban J connectivity index is 1.67. The summed E-state index contributed by atoms with van der Waals surface area (Å²) < 4.78 is 0. The Morgan fingerprint density at radius 3 is 1.87 bits per heavy atom. The highest BCUT2D eigenvalue weighted by atomic mass is 14.3. The first-order valence-electron chi connectivity index (χ1n) is 8.74. The first kappa shape index (κ1) is 15.8. The molecule has 2 aromatic rings. The summed E-state index contributed by atoms with van der Waals surface area (Å²) in [5.74, 6) is 1.61. The van der Waals surface area contributed by atoms with Crippen molar-refractivity contribution in [2.24, 2.45) is 5.92 Å². The van der Waals surface area contributed by atoms with Crippen LogP contribution in [-0.2, 0) is 0 Å². The van der Waals surface area contributed by atoms with Crippen molar-refractivity contribution in [2.45, 2.75) is 38.0 Å². The number of allylic oxidation sites excluding steroid dienone is 1. The van der Waals surface area contributed by atoms with E-state index < -0.39 is 0 Å². The molecule has 0 atom stereocenters. The van der Waals surface area contributed by atoms with E-state index in [1.165, 1.54) is 54.4 Å². The van der Waals surface area contributed by atoms with Crippen LogP contribution in [0.15, 0.2) is 67.8 Å². The largest absolute Gasteiger partial charge is 0.103 e. The fraction of sp³-hybridized carbons (Fsp3) is 0.304. The number of hydrogen-bond donors (Lipinski definition) is 0. The van der Waals surface area contributed by atoms with Crippen LogP contribution in [0.2, 0.25) is 0 Å². The lowest BCUT2D eigenvalue weighted by Crippen LogP contribution is -2.12. The highest BCUT2D eigenvalue weighted by molar-refractivity contribution is 5.65. The van der Waals surface area contributed by atoms with Gasteiger partial charge >= 0.3 is 0 Å². The van der Waals surface area contributed by atoms with Gasteiger partial charge in [0.05, 0.1) is 0 Å². The van der Waals surface area contributed by atoms with Crippen LogP contribution >= 0.6 is 0 Å². The van der Waals surface area contributed by atoms with Crippen molar-refractivity contribution >= 4 is 6.08 Å². The number of benzene rings is 2. The molecule has 0 heteroatoms. The molecule has 0 nitrogen and oxygen atoms in total. The van der Waals surface area contributed by atoms with Crippen LogP contribution in [0.1, 0.15) is 49.1 Å². The zero-order valence-electron chi connectivity index (χ0n) is 13.9. The molecule has 23 heavy (non-hydrogen) atoms. The van der Waals surface area contributed by atoms with Gasteiger partial charge in [0, 0.05) is 0 Å². The standard InChI is InChI=1S/C23H26/c1-3-5-19-8-12-21(13-9-19)23-16-14-22(15-17-23)20-10-6-18(4-2)7-11-20/h3-4,6-7,10-11,14-17,19,21H,1-2,5,8-9,12-13H2. The van der Waals surface area contributed by atoms with Gasteiger partial charge in [-0.25, -0.2) is 0 Å². The molecule has 2 aromatic carbocycles. The molecular formula is C23H26. The van der Waals surface area contributed by atoms with Gasteiger partial charge in [0.25, 0.3) is 0 Å². The Labute approximate surface area is 140 Å². The van der Waals surface area contributed by atoms with Gasteiger partial charge in [-0.3, -0.25) is 0 Å². The Morgan fingerprint density at radius 2 is 1.35 bits per heavy atom. The molecule has 118 valence electrons. The van der Waals surface area contributed by atoms with Crippen molar-refractivity contribution in [2.75, 3.05) is 0 Å². The Morgan fingerprint density at radius 1 is 0.783 bits per heavy atom. The summed E-state index contributed by atoms with van der Waals surface area (Å²) in [5.41, 5.74) is 5.25. The van der Waals surface area contributed by atoms with Gasteiger partial charge in [0.2, 0.25) is 0 Å². The van der Waals surface area contributed by atoms with Crippen molar-refractivity contribution in [3.8, 4) is 11.1 Å². The van der Waals surface area contributed by atoms with Crippen LogP contribution < -0.4 is 0 Å². The molecule has 0 N–H and O–H groups in total. The van der Waals surface area contributed by atoms with E-state index >= 15 is 0 Å². The molecule has 0 unspecified atom stereocenters. The zero-order valence-corrected chi connectivity index (χ0v) is 13.9. The lowest BCUT2D eigenvalue weighted by molar-refractivity contribution is 0.328. The Bertz CT molecular complexity index is 637. The molecular weight excluding hydrogens is 276 g/mol. The third-order valence-corrected chi connectivity index (χ3v) is 5.21. The summed E-state index contributed by atoms with van der Waals surface area (Å²) in [5, 5.41) is 0. The monoisotopic (exact) mass is 302 g/mol. The van der Waals surface area contributed by atoms with Gasteiger partial charge in [-0.15, -0.1) is 6.58 Å². The summed E-state index contributed by atoms with van der Waals surface area (Å²) in [6.45, 7) is 7.68. The van der Waals surface area contributed by atoms with Gasteiger partial charge in [0.1, 0.15) is 0 Å². The first-order valence-corrected chi connectivity index (χ1v) is 8.74. The van der Waals surface area contributed by atoms with E-state index in [9.17, 15) is 0 Å². The molecule has 1 aliphatic carbocycles. The molecule has 0 bridgehead atoms. The van der Waals surface area contributed by atoms with Gasteiger partial charge in [0.15, 0.2) is 0 Å². The number of hydrogen-bond acceptors (Lipinski definition) is 0. The molecule has 1 aliphatic rings. The third kappa shape index (κ3) is 3.82. The maximum Gasteiger partial charge on any atom is -0.0162 e. The van der Waals surface area contributed by atoms with E-state index in [0.29, 0.717) is 0 Å². The zero-order chi connectivity index (χ0) is 16.1. The summed E-state index contributed by atoms with van der Waals surface area (Å²) in [6.07, 6.45) is 10.5. The third-order valence-electron chi connectivity index (χ3n) is 5.21. The van der Waals surface area contributed by atoms with E-state index in [1.54, 1.807) is 0 Å². The van der Waals surface area contributed by atoms with Gasteiger partial charge in [-0.1, -0.05) is 67.3 Å². The molecule has 0 radical (unpaired) electrons. The number of rotatable bonds is 5. The average molecular weight is 302 g/mol. The average Bonchev–Trinajstić information content (AvgIpc) is 2.63. The molecule has 0 saturated heterocycles. The first-order chi connectivity index (χ1) is 11.3. The Kier molecular flexibility index (Phi) is 5.12. The van der Waals surface area contributed by atoms with E-state index in [2.05, 4.69) is 67.8 Å². The molecule has 0 aliphatic heterocycles. The van der Waals surface area contributed by atoms with Gasteiger partial charge in [-0.05, 0) is 66.2 Å². The minimum atomic E-state index is 0.744. The lowest BCUT2D eigenvalue weighted by atomic mass is 9.77. The quantitative estimate of drug-likeness (QED) is 0.530. The fourth-order valence-corrected chi connectivity index (χ4v) is 3.73. The highest BCUT2D eigenvalue weighted by Crippen LogP contribution is 2.37. The molecule has 0 amide bonds. The summed E-state index contributed by atoms with van der Waals surface area (Å²) in [7, 11) is 0. The van der Waals surface area contributed by atoms with Crippen molar-refractivity contribution in [3.63, 3.8) is 0 Å². The summed E-state index contributed by atoms with van der Waals surface area (Å²) in [4.78, 5) is 0. The van der Waals surface area contributed by atoms with E-state index in [4.69, 9.17) is 0 Å². The molecule has 0 spiro atoms. The second-order valence-corrected chi connectivity index (χ2v) is 6.69. The van der Waals surface area contributed by atoms with E-state index in [1.807, 2.05) is 6.08 Å². The molecule has 3 rings (SSSR count). The van der Waals surface area contributed by atoms with Crippen LogP contribution in [0.3, 0.4) is 0 Å². The molecule has 0 heterocycles. The smallest absolute Gasteiger partial charge is 0.0162 e. The minimum Gasteiger partial charge on any atom is -0.103 e. The van der Waals surface area contributed by atoms with Crippen molar-refractivity contribution < 1.29 is 0 Å². The van der Waals surface area contributed by atoms with Gasteiger partial charge < -0.3 is 0 Å². The SMILES string of the molecule is C=CCC1CCC(c2ccc(-c3ccc(C=C)cc3)cc2)CC1. The fourth-order valence-electron chi connectivity index (χ4n) is 3.73. The normalized spacial score (nSPS) is 20.9. The maximum absolute atomic E-state index is 3.88. The minimum absolute atomic E-state index is 0.744. The van der Waals surface area contributed by atoms with Crippen LogP contribution in [0.25, 0.3) is 17.2 Å². The Hall–Kier alpha value is -2.08. The van der Waals surface area contributed by atoms with Crippen molar-refractivity contribution in [3.05, 3.63) is 78.9 Å². The predicted molar refractivity (Wildman–Crippen MR) is 101 cm³/mol. The highest BCUT2D eigenvalue weighted by Gasteiger charge is 2.21. The molecule has 0 aromatic heterocycles. The van der Waals surface area contributed by atoms with Crippen LogP contribution in [0.4, 0.5) is 0 Å². The second kappa shape index (κ2) is 7.46. The summed E-state index contributed by atoms with van der Waals surface area (Å²) >= 11 is 0. The summed E-state index contributed by atoms with van der Waals surface area (Å²) in [6, 6.07) is 17.8. The topological polar surface area (TPSA) is 0 Å². The van der Waals surface area contributed by atoms with Crippen molar-refractivity contribution in [1.29, 1.82) is 0 Å². The van der Waals surface area contributed by atoms with Crippen LogP contribution in [0, 0.1) is 5.92 Å². The molecule has 1 saturated carbocycles. The van der Waals surface area contributed by atoms with Crippen LogP contribution in [0.5, 0.6) is 0 Å². The van der Waals surface area contributed by atoms with Crippen LogP contribution in [-0.4, -0.2) is 0 Å². The van der Waals surface area contributed by atoms with E-state index in [-0.39, 0.29) is 0 Å². The van der Waals surface area contributed by atoms with E-state index in [0.717, 1.165) is 11.8 Å².